The fraction of sp³-hybridized carbons (Fsp3) is 0.250. The standard InChI is InChI=1S/C16H19N5/c1-3-20(11-13-5-4-6-14(17)10-13)16-15-9-12(2)19-21(15)8-7-18-16/h4-10H,3,11,17H2,1-2H3. The van der Waals surface area contributed by atoms with E-state index in [2.05, 4.69) is 34.0 Å². The summed E-state index contributed by atoms with van der Waals surface area (Å²) in [5.74, 6) is 0.947. The first-order valence-electron chi connectivity index (χ1n) is 7.07. The topological polar surface area (TPSA) is 59.5 Å². The maximum Gasteiger partial charge on any atom is 0.154 e. The van der Waals surface area contributed by atoms with Crippen molar-refractivity contribution in [2.24, 2.45) is 0 Å². The molecule has 0 spiro atoms. The van der Waals surface area contributed by atoms with E-state index in [0.717, 1.165) is 35.8 Å². The van der Waals surface area contributed by atoms with Gasteiger partial charge < -0.3 is 10.6 Å². The minimum absolute atomic E-state index is 0.776. The molecule has 2 heterocycles. The highest BCUT2D eigenvalue weighted by molar-refractivity contribution is 5.69. The van der Waals surface area contributed by atoms with Gasteiger partial charge in [-0.1, -0.05) is 12.1 Å². The molecule has 0 saturated heterocycles. The van der Waals surface area contributed by atoms with Crippen molar-refractivity contribution in [3.05, 3.63) is 54.0 Å². The van der Waals surface area contributed by atoms with Gasteiger partial charge in [0.2, 0.25) is 0 Å². The van der Waals surface area contributed by atoms with Gasteiger partial charge >= 0.3 is 0 Å². The molecule has 21 heavy (non-hydrogen) atoms. The number of nitrogens with zero attached hydrogens (tertiary/aromatic N) is 4. The van der Waals surface area contributed by atoms with Gasteiger partial charge in [0.1, 0.15) is 5.52 Å². The monoisotopic (exact) mass is 281 g/mol. The van der Waals surface area contributed by atoms with Crippen LogP contribution in [0.5, 0.6) is 0 Å². The van der Waals surface area contributed by atoms with E-state index in [9.17, 15) is 0 Å². The Balaban J connectivity index is 1.98. The summed E-state index contributed by atoms with van der Waals surface area (Å²) in [5, 5.41) is 4.44. The second kappa shape index (κ2) is 5.44. The van der Waals surface area contributed by atoms with Crippen molar-refractivity contribution >= 4 is 17.0 Å². The highest BCUT2D eigenvalue weighted by atomic mass is 15.3. The van der Waals surface area contributed by atoms with Gasteiger partial charge in [-0.25, -0.2) is 9.50 Å². The molecule has 0 aliphatic rings. The van der Waals surface area contributed by atoms with Crippen molar-refractivity contribution in [3.8, 4) is 0 Å². The van der Waals surface area contributed by atoms with Crippen LogP contribution in [0.1, 0.15) is 18.2 Å². The molecule has 0 amide bonds. The quantitative estimate of drug-likeness (QED) is 0.747. The number of hydrogen-bond acceptors (Lipinski definition) is 4. The third kappa shape index (κ3) is 2.67. The smallest absolute Gasteiger partial charge is 0.154 e. The zero-order valence-corrected chi connectivity index (χ0v) is 12.3. The summed E-state index contributed by atoms with van der Waals surface area (Å²) in [6, 6.07) is 10.0. The van der Waals surface area contributed by atoms with Crippen molar-refractivity contribution in [2.45, 2.75) is 20.4 Å². The maximum absolute atomic E-state index is 5.86. The van der Waals surface area contributed by atoms with Crippen molar-refractivity contribution in [3.63, 3.8) is 0 Å². The Labute approximate surface area is 124 Å². The van der Waals surface area contributed by atoms with E-state index < -0.39 is 0 Å². The average Bonchev–Trinajstić information content (AvgIpc) is 2.85. The lowest BCUT2D eigenvalue weighted by Gasteiger charge is -2.22. The van der Waals surface area contributed by atoms with Gasteiger partial charge in [0.05, 0.1) is 5.69 Å². The Morgan fingerprint density at radius 2 is 2.14 bits per heavy atom. The van der Waals surface area contributed by atoms with Crippen molar-refractivity contribution in [1.29, 1.82) is 0 Å². The molecular weight excluding hydrogens is 262 g/mol. The van der Waals surface area contributed by atoms with Crippen LogP contribution in [0.3, 0.4) is 0 Å². The Bertz CT molecular complexity index is 762. The van der Waals surface area contributed by atoms with Crippen molar-refractivity contribution in [2.75, 3.05) is 17.2 Å². The van der Waals surface area contributed by atoms with Crippen LogP contribution in [-0.2, 0) is 6.54 Å². The molecular formula is C16H19N5. The fourth-order valence-corrected chi connectivity index (χ4v) is 2.52. The maximum atomic E-state index is 5.86. The molecule has 0 bridgehead atoms. The molecule has 0 fully saturated rings. The summed E-state index contributed by atoms with van der Waals surface area (Å²) in [5.41, 5.74) is 9.84. The first kappa shape index (κ1) is 13.4. The van der Waals surface area contributed by atoms with E-state index in [1.165, 1.54) is 5.56 Å². The third-order valence-corrected chi connectivity index (χ3v) is 3.50. The molecule has 0 aliphatic carbocycles. The van der Waals surface area contributed by atoms with Crippen LogP contribution in [0.25, 0.3) is 5.52 Å². The number of aryl methyl sites for hydroxylation is 1. The zero-order valence-electron chi connectivity index (χ0n) is 12.3. The summed E-state index contributed by atoms with van der Waals surface area (Å²) in [6.45, 7) is 5.76. The summed E-state index contributed by atoms with van der Waals surface area (Å²) in [6.07, 6.45) is 3.66. The van der Waals surface area contributed by atoms with Crippen LogP contribution in [0, 0.1) is 6.92 Å². The van der Waals surface area contributed by atoms with Crippen LogP contribution < -0.4 is 10.6 Å². The van der Waals surface area contributed by atoms with E-state index in [1.54, 1.807) is 6.20 Å². The average molecular weight is 281 g/mol. The van der Waals surface area contributed by atoms with Crippen LogP contribution in [-0.4, -0.2) is 21.1 Å². The van der Waals surface area contributed by atoms with E-state index in [4.69, 9.17) is 5.73 Å². The molecule has 5 nitrogen and oxygen atoms in total. The molecule has 0 atom stereocenters. The molecule has 3 aromatic rings. The summed E-state index contributed by atoms with van der Waals surface area (Å²) in [4.78, 5) is 6.77. The van der Waals surface area contributed by atoms with Crippen molar-refractivity contribution < 1.29 is 0 Å². The molecule has 2 aromatic heterocycles. The van der Waals surface area contributed by atoms with Crippen LogP contribution in [0.15, 0.2) is 42.7 Å². The van der Waals surface area contributed by atoms with E-state index in [0.29, 0.717) is 0 Å². The van der Waals surface area contributed by atoms with E-state index in [-0.39, 0.29) is 0 Å². The first-order valence-corrected chi connectivity index (χ1v) is 7.07. The summed E-state index contributed by atoms with van der Waals surface area (Å²) in [7, 11) is 0. The molecule has 0 radical (unpaired) electrons. The summed E-state index contributed by atoms with van der Waals surface area (Å²) < 4.78 is 1.87. The number of aromatic nitrogens is 3. The summed E-state index contributed by atoms with van der Waals surface area (Å²) >= 11 is 0. The minimum atomic E-state index is 0.776. The lowest BCUT2D eigenvalue weighted by molar-refractivity contribution is 0.807. The van der Waals surface area contributed by atoms with Gasteiger partial charge in [0.25, 0.3) is 0 Å². The van der Waals surface area contributed by atoms with Crippen LogP contribution in [0.2, 0.25) is 0 Å². The highest BCUT2D eigenvalue weighted by Crippen LogP contribution is 2.21. The normalized spacial score (nSPS) is 11.0. The number of anilines is 2. The molecule has 3 rings (SSSR count). The number of hydrogen-bond donors (Lipinski definition) is 1. The lowest BCUT2D eigenvalue weighted by atomic mass is 10.2. The third-order valence-electron chi connectivity index (χ3n) is 3.50. The number of nitrogens with two attached hydrogens (primary N) is 1. The number of fused-ring (bicyclic) bond motifs is 1. The van der Waals surface area contributed by atoms with E-state index >= 15 is 0 Å². The Kier molecular flexibility index (Phi) is 3.48. The molecule has 0 unspecified atom stereocenters. The zero-order chi connectivity index (χ0) is 14.8. The number of benzene rings is 1. The fourth-order valence-electron chi connectivity index (χ4n) is 2.52. The molecule has 2 N–H and O–H groups in total. The van der Waals surface area contributed by atoms with E-state index in [1.807, 2.05) is 35.8 Å². The lowest BCUT2D eigenvalue weighted by Crippen LogP contribution is -2.23. The number of nitrogen functional groups attached to an aromatic ring is 1. The second-order valence-electron chi connectivity index (χ2n) is 5.13. The predicted molar refractivity (Wildman–Crippen MR) is 85.3 cm³/mol. The Hall–Kier alpha value is -2.56. The van der Waals surface area contributed by atoms with Gasteiger partial charge in [0.15, 0.2) is 5.82 Å². The molecule has 1 aromatic carbocycles. The molecule has 0 saturated carbocycles. The Morgan fingerprint density at radius 1 is 1.29 bits per heavy atom. The van der Waals surface area contributed by atoms with Gasteiger partial charge in [-0.15, -0.1) is 0 Å². The predicted octanol–water partition coefficient (Wildman–Crippen LogP) is 2.65. The van der Waals surface area contributed by atoms with Gasteiger partial charge in [0, 0.05) is 31.2 Å². The van der Waals surface area contributed by atoms with Crippen LogP contribution >= 0.6 is 0 Å². The second-order valence-corrected chi connectivity index (χ2v) is 5.13. The van der Waals surface area contributed by atoms with Crippen LogP contribution in [0.4, 0.5) is 11.5 Å². The van der Waals surface area contributed by atoms with Crippen molar-refractivity contribution in [1.82, 2.24) is 14.6 Å². The SMILES string of the molecule is CCN(Cc1cccc(N)c1)c1nccn2nc(C)cc12. The minimum Gasteiger partial charge on any atom is -0.399 e. The Morgan fingerprint density at radius 3 is 2.90 bits per heavy atom. The van der Waals surface area contributed by atoms with Gasteiger partial charge in [-0.2, -0.15) is 5.10 Å². The highest BCUT2D eigenvalue weighted by Gasteiger charge is 2.12. The molecule has 0 aliphatic heterocycles. The largest absolute Gasteiger partial charge is 0.399 e. The first-order chi connectivity index (χ1) is 10.2. The van der Waals surface area contributed by atoms with Gasteiger partial charge in [-0.3, -0.25) is 0 Å². The molecule has 108 valence electrons. The number of rotatable bonds is 4. The van der Waals surface area contributed by atoms with Gasteiger partial charge in [-0.05, 0) is 37.6 Å². The molecule has 5 heteroatoms.